The number of rotatable bonds is 43. The molecule has 420 valence electrons. The Labute approximate surface area is 439 Å². The number of fused-ring (bicyclic) bond motifs is 1. The molecule has 1 aromatic carbocycles. The quantitative estimate of drug-likeness (QED) is 0.0376. The van der Waals surface area contributed by atoms with Gasteiger partial charge >= 0.3 is 19.5 Å². The molecule has 0 amide bonds. The van der Waals surface area contributed by atoms with E-state index >= 15 is 0 Å². The molecule has 2 aliphatic rings. The summed E-state index contributed by atoms with van der Waals surface area (Å²) in [6.07, 6.45) is 26.2. The number of carbonyl (C=O) groups excluding carboxylic acids is 2. The Morgan fingerprint density at radius 2 is 1.08 bits per heavy atom. The van der Waals surface area contributed by atoms with Crippen LogP contribution in [0.15, 0.2) is 30.3 Å². The van der Waals surface area contributed by atoms with Crippen LogP contribution in [0.5, 0.6) is 0 Å². The first-order valence-electron chi connectivity index (χ1n) is 29.0. The average Bonchev–Trinajstić information content (AvgIpc) is 3.70. The minimum atomic E-state index is -4.40. The van der Waals surface area contributed by atoms with Crippen LogP contribution in [0.2, 0.25) is 0 Å². The third-order valence-electron chi connectivity index (χ3n) is 13.9. The summed E-state index contributed by atoms with van der Waals surface area (Å²) < 4.78 is 61.3. The lowest BCUT2D eigenvalue weighted by atomic mass is 9.99. The molecule has 72 heavy (non-hydrogen) atoms. The number of ether oxygens (including phenoxy) is 7. The van der Waals surface area contributed by atoms with Crippen molar-refractivity contribution < 1.29 is 56.7 Å². The van der Waals surface area contributed by atoms with Crippen LogP contribution < -0.4 is 0 Å². The van der Waals surface area contributed by atoms with Crippen LogP contribution in [0.3, 0.4) is 0 Å². The van der Waals surface area contributed by atoms with E-state index in [2.05, 4.69) is 39.5 Å². The summed E-state index contributed by atoms with van der Waals surface area (Å²) in [5.74, 6) is -1.86. The van der Waals surface area contributed by atoms with Crippen LogP contribution in [0, 0.1) is 0 Å². The fraction of sp³-hybridized carbons (Fsp3) is 0.862. The van der Waals surface area contributed by atoms with Gasteiger partial charge in [-0.3, -0.25) is 14.2 Å². The number of carbonyl (C=O) groups is 2. The first-order valence-corrected chi connectivity index (χ1v) is 30.8. The summed E-state index contributed by atoms with van der Waals surface area (Å²) in [5.41, 5.74) is 0.956. The van der Waals surface area contributed by atoms with E-state index in [0.717, 1.165) is 44.1 Å². The lowest BCUT2D eigenvalue weighted by molar-refractivity contribution is -0.278. The summed E-state index contributed by atoms with van der Waals surface area (Å²) in [6, 6.07) is 9.69. The highest BCUT2D eigenvalue weighted by Crippen LogP contribution is 2.48. The number of esters is 2. The van der Waals surface area contributed by atoms with Crippen molar-refractivity contribution in [3.8, 4) is 0 Å². The van der Waals surface area contributed by atoms with Gasteiger partial charge < -0.3 is 47.5 Å². The summed E-state index contributed by atoms with van der Waals surface area (Å²) >= 11 is 0. The normalized spacial score (nSPS) is 20.6. The number of unbranched alkanes of at least 4 members (excludes halogenated alkanes) is 24. The predicted octanol–water partition coefficient (Wildman–Crippen LogP) is 14.4. The van der Waals surface area contributed by atoms with Gasteiger partial charge in [-0.05, 0) is 51.9 Å². The van der Waals surface area contributed by atoms with Crippen molar-refractivity contribution in [2.45, 2.75) is 277 Å². The van der Waals surface area contributed by atoms with Crippen LogP contribution in [-0.4, -0.2) is 110 Å². The summed E-state index contributed by atoms with van der Waals surface area (Å²) in [4.78, 5) is 39.4. The lowest BCUT2D eigenvalue weighted by Gasteiger charge is -2.41. The molecular formula is C58H106NO12P. The molecule has 1 unspecified atom stereocenters. The van der Waals surface area contributed by atoms with Gasteiger partial charge in [-0.2, -0.15) is 0 Å². The Kier molecular flexibility index (Phi) is 37.9. The fourth-order valence-electron chi connectivity index (χ4n) is 9.46. The molecule has 14 heteroatoms. The van der Waals surface area contributed by atoms with Crippen molar-refractivity contribution >= 4 is 19.5 Å². The van der Waals surface area contributed by atoms with Gasteiger partial charge in [0.05, 0.1) is 19.4 Å². The van der Waals surface area contributed by atoms with E-state index in [1.54, 1.807) is 13.8 Å². The second kappa shape index (κ2) is 41.3. The van der Waals surface area contributed by atoms with Crippen LogP contribution in [0.25, 0.3) is 0 Å². The summed E-state index contributed by atoms with van der Waals surface area (Å²) in [6.45, 7) is 17.7. The first kappa shape index (κ1) is 66.2. The van der Waals surface area contributed by atoms with Crippen LogP contribution in [-0.2, 0) is 58.4 Å². The van der Waals surface area contributed by atoms with Gasteiger partial charge in [0, 0.05) is 20.0 Å². The zero-order valence-electron chi connectivity index (χ0n) is 46.9. The number of benzene rings is 1. The smallest absolute Gasteiger partial charge is 0.330 e. The molecule has 0 saturated carbocycles. The number of hydrogen-bond donors (Lipinski definition) is 1. The Morgan fingerprint density at radius 1 is 0.639 bits per heavy atom. The Hall–Kier alpha value is -1.93. The number of methoxy groups -OCH3 is 1. The monoisotopic (exact) mass is 1040 g/mol. The highest BCUT2D eigenvalue weighted by molar-refractivity contribution is 7.52. The van der Waals surface area contributed by atoms with E-state index in [1.807, 2.05) is 30.3 Å². The molecule has 2 aliphatic heterocycles. The molecular weight excluding hydrogens is 934 g/mol. The maximum Gasteiger partial charge on any atom is 0.330 e. The standard InChI is InChI=1S/C52H91O12P.C6H15N/c1-6-8-10-12-14-16-18-20-22-24-26-28-33-37-46(53)58-40-44(61-47(54)38-34-29-27-25-23-21-19-17-15-13-11-9-7-2)41-60-65(55,56)42-45-48-49(64-52(3,4)63-48)50(51(57-5)62-45)59-39-43-35-31-30-32-36-43;1-4-7(5-2)6-3/h30-32,35-36,44-45,48-51H,6-29,33-34,37-42H2,1-5H3,(H,55,56);4-6H2,1-3H3/t44-,45+,48-,49-,50+,51+;/m0./s1. The molecule has 13 nitrogen and oxygen atoms in total. The van der Waals surface area contributed by atoms with E-state index in [1.165, 1.54) is 149 Å². The van der Waals surface area contributed by atoms with E-state index < -0.39 is 74.9 Å². The molecule has 0 radical (unpaired) electrons. The second-order valence-electron chi connectivity index (χ2n) is 20.6. The predicted molar refractivity (Wildman–Crippen MR) is 290 cm³/mol. The third kappa shape index (κ3) is 31.2. The lowest BCUT2D eigenvalue weighted by Crippen LogP contribution is -2.58. The number of hydrogen-bond acceptors (Lipinski definition) is 12. The second-order valence-corrected chi connectivity index (χ2v) is 22.5. The van der Waals surface area contributed by atoms with Gasteiger partial charge in [-0.15, -0.1) is 0 Å². The molecule has 0 aromatic heterocycles. The maximum atomic E-state index is 13.7. The maximum absolute atomic E-state index is 13.7. The highest BCUT2D eigenvalue weighted by atomic mass is 31.2. The average molecular weight is 1040 g/mol. The van der Waals surface area contributed by atoms with Gasteiger partial charge in [0.1, 0.15) is 31.0 Å². The minimum Gasteiger partial charge on any atom is -0.462 e. The molecule has 0 aliphatic carbocycles. The largest absolute Gasteiger partial charge is 0.462 e. The molecule has 2 fully saturated rings. The Morgan fingerprint density at radius 3 is 1.53 bits per heavy atom. The van der Waals surface area contributed by atoms with Crippen molar-refractivity contribution in [1.29, 1.82) is 0 Å². The van der Waals surface area contributed by atoms with Gasteiger partial charge in [-0.25, -0.2) is 0 Å². The van der Waals surface area contributed by atoms with Crippen molar-refractivity contribution in [3.63, 3.8) is 0 Å². The van der Waals surface area contributed by atoms with Gasteiger partial charge in [0.25, 0.3) is 0 Å². The zero-order chi connectivity index (χ0) is 52.7. The fourth-order valence-corrected chi connectivity index (χ4v) is 10.7. The molecule has 2 saturated heterocycles. The van der Waals surface area contributed by atoms with E-state index in [4.69, 9.17) is 37.7 Å². The van der Waals surface area contributed by atoms with Crippen LogP contribution in [0.1, 0.15) is 234 Å². The zero-order valence-corrected chi connectivity index (χ0v) is 47.8. The molecule has 2 heterocycles. The number of nitrogens with zero attached hydrogens (tertiary/aromatic N) is 1. The van der Waals surface area contributed by atoms with Gasteiger partial charge in [0.2, 0.25) is 0 Å². The molecule has 0 bridgehead atoms. The summed E-state index contributed by atoms with van der Waals surface area (Å²) in [5, 5.41) is 0. The van der Waals surface area contributed by atoms with E-state index in [9.17, 15) is 19.0 Å². The van der Waals surface area contributed by atoms with Gasteiger partial charge in [-0.1, -0.05) is 219 Å². The molecule has 3 rings (SSSR count). The van der Waals surface area contributed by atoms with E-state index in [-0.39, 0.29) is 26.1 Å². The first-order chi connectivity index (χ1) is 34.8. The minimum absolute atomic E-state index is 0.204. The molecule has 7 atom stereocenters. The molecule has 0 spiro atoms. The highest BCUT2D eigenvalue weighted by Gasteiger charge is 2.57. The van der Waals surface area contributed by atoms with Crippen molar-refractivity contribution in [1.82, 2.24) is 4.90 Å². The van der Waals surface area contributed by atoms with Gasteiger partial charge in [0.15, 0.2) is 18.2 Å². The van der Waals surface area contributed by atoms with E-state index in [0.29, 0.717) is 6.42 Å². The Bertz CT molecular complexity index is 1510. The third-order valence-corrected chi connectivity index (χ3v) is 15.2. The summed E-state index contributed by atoms with van der Waals surface area (Å²) in [7, 11) is -2.92. The Balaban J connectivity index is 0.00000235. The van der Waals surface area contributed by atoms with Crippen molar-refractivity contribution in [2.75, 3.05) is 46.1 Å². The topological polar surface area (TPSA) is 149 Å². The van der Waals surface area contributed by atoms with Crippen LogP contribution >= 0.6 is 7.60 Å². The molecule has 1 aromatic rings. The SMILES string of the molecule is CCCCCCCCCCCCCCCC(=O)OC[C@@H](COP(=O)(O)C[C@H]1O[C@@H](OC)[C@H](OCc2ccccc2)[C@H]2OC(C)(C)O[C@H]21)OC(=O)CCCCCCCCCCCCCCC.CCN(CC)CC. The molecule has 1 N–H and O–H groups in total. The van der Waals surface area contributed by atoms with Crippen molar-refractivity contribution in [2.24, 2.45) is 0 Å². The van der Waals surface area contributed by atoms with Crippen LogP contribution in [0.4, 0.5) is 0 Å². The van der Waals surface area contributed by atoms with Crippen molar-refractivity contribution in [3.05, 3.63) is 35.9 Å².